The zero-order valence-electron chi connectivity index (χ0n) is 18.5. The van der Waals surface area contributed by atoms with Crippen molar-refractivity contribution in [3.63, 3.8) is 0 Å². The fourth-order valence-corrected chi connectivity index (χ4v) is 5.25. The van der Waals surface area contributed by atoms with E-state index in [2.05, 4.69) is 20.1 Å². The number of halogens is 2. The predicted molar refractivity (Wildman–Crippen MR) is 131 cm³/mol. The average molecular weight is 479 g/mol. The molecule has 34 heavy (non-hydrogen) atoms. The molecule has 2 heterocycles. The van der Waals surface area contributed by atoms with E-state index in [9.17, 15) is 13.6 Å². The van der Waals surface area contributed by atoms with Crippen molar-refractivity contribution in [2.75, 3.05) is 38.0 Å². The normalized spacial score (nSPS) is 15.1. The fraction of sp³-hybridized carbons (Fsp3) is 0.231. The third-order valence-electron chi connectivity index (χ3n) is 6.05. The van der Waals surface area contributed by atoms with Gasteiger partial charge in [-0.1, -0.05) is 47.7 Å². The number of amides is 1. The van der Waals surface area contributed by atoms with Gasteiger partial charge in [-0.15, -0.1) is 0 Å². The van der Waals surface area contributed by atoms with Gasteiger partial charge in [-0.3, -0.25) is 14.6 Å². The number of carbonyl (C=O) groups excluding carboxylic acids is 1. The van der Waals surface area contributed by atoms with Crippen molar-refractivity contribution < 1.29 is 13.6 Å². The predicted octanol–water partition coefficient (Wildman–Crippen LogP) is 4.92. The fourth-order valence-electron chi connectivity index (χ4n) is 4.37. The molecule has 1 aliphatic heterocycles. The molecule has 0 unspecified atom stereocenters. The highest BCUT2D eigenvalue weighted by molar-refractivity contribution is 7.22. The molecule has 1 aliphatic rings. The molecule has 1 aromatic heterocycles. The second-order valence-corrected chi connectivity index (χ2v) is 9.38. The van der Waals surface area contributed by atoms with Crippen LogP contribution in [0.15, 0.2) is 72.8 Å². The van der Waals surface area contributed by atoms with Crippen LogP contribution in [0.2, 0.25) is 0 Å². The number of hydrogen-bond acceptors (Lipinski definition) is 5. The van der Waals surface area contributed by atoms with Gasteiger partial charge in [0.15, 0.2) is 5.13 Å². The van der Waals surface area contributed by atoms with Gasteiger partial charge in [0.25, 0.3) is 0 Å². The summed E-state index contributed by atoms with van der Waals surface area (Å²) in [5.74, 6) is -0.655. The monoisotopic (exact) mass is 478 g/mol. The van der Waals surface area contributed by atoms with Crippen LogP contribution in [0.3, 0.4) is 0 Å². The number of fused-ring (bicyclic) bond motifs is 1. The summed E-state index contributed by atoms with van der Waals surface area (Å²) in [6, 6.07) is 20.6. The summed E-state index contributed by atoms with van der Waals surface area (Å²) in [5, 5.41) is 3.53. The van der Waals surface area contributed by atoms with E-state index in [1.807, 2.05) is 24.3 Å². The van der Waals surface area contributed by atoms with Crippen LogP contribution in [0, 0.1) is 11.6 Å². The van der Waals surface area contributed by atoms with Crippen LogP contribution in [0.25, 0.3) is 10.2 Å². The van der Waals surface area contributed by atoms with Gasteiger partial charge in [0, 0.05) is 26.2 Å². The van der Waals surface area contributed by atoms with Crippen molar-refractivity contribution in [1.29, 1.82) is 0 Å². The molecule has 8 heteroatoms. The van der Waals surface area contributed by atoms with E-state index in [4.69, 9.17) is 0 Å². The van der Waals surface area contributed by atoms with Gasteiger partial charge in [-0.05, 0) is 47.5 Å². The maximum Gasteiger partial charge on any atom is 0.240 e. The van der Waals surface area contributed by atoms with E-state index in [1.165, 1.54) is 35.6 Å². The average Bonchev–Trinajstić information content (AvgIpc) is 3.25. The lowest BCUT2D eigenvalue weighted by Crippen LogP contribution is -2.49. The molecule has 1 fully saturated rings. The Balaban J connectivity index is 1.23. The topological polar surface area (TPSA) is 48.5 Å². The number of aromatic nitrogens is 1. The van der Waals surface area contributed by atoms with Gasteiger partial charge in [0.1, 0.15) is 11.6 Å². The van der Waals surface area contributed by atoms with Gasteiger partial charge >= 0.3 is 0 Å². The van der Waals surface area contributed by atoms with Crippen LogP contribution < -0.4 is 5.32 Å². The molecule has 0 radical (unpaired) electrons. The lowest BCUT2D eigenvalue weighted by atomic mass is 9.96. The summed E-state index contributed by atoms with van der Waals surface area (Å²) in [6.45, 7) is 3.18. The maximum atomic E-state index is 13.5. The Bertz CT molecular complexity index is 1190. The van der Waals surface area contributed by atoms with Gasteiger partial charge < -0.3 is 5.32 Å². The lowest BCUT2D eigenvalue weighted by molar-refractivity contribution is -0.117. The van der Waals surface area contributed by atoms with Crippen LogP contribution in [-0.4, -0.2) is 53.4 Å². The third-order valence-corrected chi connectivity index (χ3v) is 7.00. The molecule has 1 N–H and O–H groups in total. The second-order valence-electron chi connectivity index (χ2n) is 8.35. The Kier molecular flexibility index (Phi) is 6.62. The van der Waals surface area contributed by atoms with Crippen molar-refractivity contribution in [2.24, 2.45) is 0 Å². The number of nitrogens with zero attached hydrogens (tertiary/aromatic N) is 3. The number of benzene rings is 3. The van der Waals surface area contributed by atoms with Crippen molar-refractivity contribution >= 4 is 32.6 Å². The van der Waals surface area contributed by atoms with Crippen molar-refractivity contribution in [3.8, 4) is 0 Å². The number of anilines is 1. The lowest BCUT2D eigenvalue weighted by Gasteiger charge is -2.39. The SMILES string of the molecule is O=C(CN1CCN(C(c2ccc(F)cc2)c2ccc(F)cc2)CC1)Nc1nc2ccccc2s1. The maximum absolute atomic E-state index is 13.5. The van der Waals surface area contributed by atoms with Crippen LogP contribution in [0.1, 0.15) is 17.2 Å². The number of nitrogens with one attached hydrogen (secondary N) is 1. The molecule has 0 saturated carbocycles. The van der Waals surface area contributed by atoms with E-state index < -0.39 is 0 Å². The molecule has 0 spiro atoms. The number of thiazole rings is 1. The van der Waals surface area contributed by atoms with Crippen LogP contribution in [-0.2, 0) is 4.79 Å². The van der Waals surface area contributed by atoms with Gasteiger partial charge in [0.2, 0.25) is 5.91 Å². The molecule has 0 bridgehead atoms. The Labute approximate surface area is 200 Å². The summed E-state index contributed by atoms with van der Waals surface area (Å²) >= 11 is 1.47. The van der Waals surface area contributed by atoms with E-state index in [-0.39, 0.29) is 23.6 Å². The highest BCUT2D eigenvalue weighted by Gasteiger charge is 2.27. The quantitative estimate of drug-likeness (QED) is 0.427. The molecule has 174 valence electrons. The highest BCUT2D eigenvalue weighted by Crippen LogP contribution is 2.30. The molecule has 1 saturated heterocycles. The van der Waals surface area contributed by atoms with Gasteiger partial charge in [-0.2, -0.15) is 0 Å². The first-order valence-corrected chi connectivity index (χ1v) is 12.0. The van der Waals surface area contributed by atoms with Crippen molar-refractivity contribution in [2.45, 2.75) is 6.04 Å². The molecular formula is C26H24F2N4OS. The smallest absolute Gasteiger partial charge is 0.240 e. The first kappa shape index (κ1) is 22.6. The zero-order chi connectivity index (χ0) is 23.5. The standard InChI is InChI=1S/C26H24F2N4OS/c27-20-9-5-18(6-10-20)25(19-7-11-21(28)12-8-19)32-15-13-31(14-16-32)17-24(33)30-26-29-22-3-1-2-4-23(22)34-26/h1-12,25H,13-17H2,(H,29,30,33). The number of para-hydroxylation sites is 1. The number of hydrogen-bond donors (Lipinski definition) is 1. The minimum atomic E-state index is -0.287. The first-order chi connectivity index (χ1) is 16.5. The molecule has 4 aromatic rings. The van der Waals surface area contributed by atoms with Crippen molar-refractivity contribution in [1.82, 2.24) is 14.8 Å². The third kappa shape index (κ3) is 5.14. The molecule has 5 nitrogen and oxygen atoms in total. The molecule has 0 aliphatic carbocycles. The van der Waals surface area contributed by atoms with E-state index in [0.717, 1.165) is 34.4 Å². The van der Waals surface area contributed by atoms with Crippen LogP contribution >= 0.6 is 11.3 Å². The van der Waals surface area contributed by atoms with E-state index >= 15 is 0 Å². The summed E-state index contributed by atoms with van der Waals surface area (Å²) in [7, 11) is 0. The van der Waals surface area contributed by atoms with Crippen molar-refractivity contribution in [3.05, 3.63) is 95.6 Å². The van der Waals surface area contributed by atoms with Crippen LogP contribution in [0.5, 0.6) is 0 Å². The van der Waals surface area contributed by atoms with Gasteiger partial charge in [-0.25, -0.2) is 13.8 Å². The Hall–Kier alpha value is -3.20. The first-order valence-electron chi connectivity index (χ1n) is 11.2. The summed E-state index contributed by atoms with van der Waals surface area (Å²) in [5.41, 5.74) is 2.79. The second kappa shape index (κ2) is 9.97. The molecule has 3 aromatic carbocycles. The molecule has 0 atom stereocenters. The number of piperazine rings is 1. The number of rotatable bonds is 6. The molecule has 1 amide bonds. The molecular weight excluding hydrogens is 454 g/mol. The summed E-state index contributed by atoms with van der Waals surface area (Å²) in [6.07, 6.45) is 0. The van der Waals surface area contributed by atoms with Gasteiger partial charge in [0.05, 0.1) is 22.8 Å². The summed E-state index contributed by atoms with van der Waals surface area (Å²) in [4.78, 5) is 21.5. The minimum absolute atomic E-state index is 0.0823. The zero-order valence-corrected chi connectivity index (χ0v) is 19.3. The molecule has 5 rings (SSSR count). The van der Waals surface area contributed by atoms with E-state index in [0.29, 0.717) is 24.8 Å². The minimum Gasteiger partial charge on any atom is -0.301 e. The Morgan fingerprint density at radius 3 is 2.06 bits per heavy atom. The van der Waals surface area contributed by atoms with Crippen LogP contribution in [0.4, 0.5) is 13.9 Å². The Morgan fingerprint density at radius 2 is 1.47 bits per heavy atom. The Morgan fingerprint density at radius 1 is 0.882 bits per heavy atom. The van der Waals surface area contributed by atoms with E-state index in [1.54, 1.807) is 24.3 Å². The summed E-state index contributed by atoms with van der Waals surface area (Å²) < 4.78 is 28.1. The largest absolute Gasteiger partial charge is 0.301 e. The number of carbonyl (C=O) groups is 1. The highest BCUT2D eigenvalue weighted by atomic mass is 32.1.